The van der Waals surface area contributed by atoms with Crippen LogP contribution in [-0.4, -0.2) is 0 Å². The molecule has 0 spiro atoms. The minimum Gasteiger partial charge on any atom is -0.120 e. The smallest absolute Gasteiger partial charge is 0.0270 e. The fourth-order valence-electron chi connectivity index (χ4n) is 1.43. The molecule has 1 rings (SSSR count). The molecule has 0 saturated carbocycles. The molecule has 1 aromatic carbocycles. The monoisotopic (exact) mass is 234 g/mol. The van der Waals surface area contributed by atoms with Gasteiger partial charge < -0.3 is 0 Å². The van der Waals surface area contributed by atoms with E-state index in [4.69, 9.17) is 6.42 Å². The van der Waals surface area contributed by atoms with Crippen molar-refractivity contribution in [3.8, 4) is 24.2 Å². The van der Waals surface area contributed by atoms with E-state index in [1.54, 1.807) is 0 Å². The molecule has 0 aliphatic carbocycles. The summed E-state index contributed by atoms with van der Waals surface area (Å²) in [7, 11) is 0. The summed E-state index contributed by atoms with van der Waals surface area (Å²) in [6.07, 6.45) is 12.7. The van der Waals surface area contributed by atoms with Crippen LogP contribution in [0.4, 0.5) is 0 Å². The summed E-state index contributed by atoms with van der Waals surface area (Å²) in [5.41, 5.74) is 3.41. The Morgan fingerprint density at radius 3 is 2.94 bits per heavy atom. The average Bonchev–Trinajstić information content (AvgIpc) is 2.41. The van der Waals surface area contributed by atoms with Gasteiger partial charge in [0.25, 0.3) is 0 Å². The van der Waals surface area contributed by atoms with Gasteiger partial charge in [0.1, 0.15) is 0 Å². The molecule has 0 aromatic heterocycles. The lowest BCUT2D eigenvalue weighted by atomic mass is 10.1. The molecule has 90 valence electrons. The van der Waals surface area contributed by atoms with E-state index in [2.05, 4.69) is 42.9 Å². The van der Waals surface area contributed by atoms with Gasteiger partial charge in [0.05, 0.1) is 0 Å². The average molecular weight is 234 g/mol. The van der Waals surface area contributed by atoms with Crippen molar-refractivity contribution in [2.24, 2.45) is 0 Å². The highest BCUT2D eigenvalue weighted by Gasteiger charge is 1.89. The second-order valence-corrected chi connectivity index (χ2v) is 3.99. The minimum atomic E-state index is 0.662. The number of hydrogen-bond acceptors (Lipinski definition) is 0. The Morgan fingerprint density at radius 2 is 2.22 bits per heavy atom. The molecule has 0 heteroatoms. The number of rotatable bonds is 3. The summed E-state index contributed by atoms with van der Waals surface area (Å²) in [4.78, 5) is 0. The Labute approximate surface area is 110 Å². The Balaban J connectivity index is 2.72. The second-order valence-electron chi connectivity index (χ2n) is 3.99. The molecule has 18 heavy (non-hydrogen) atoms. The lowest BCUT2D eigenvalue weighted by molar-refractivity contribution is 1.14. The van der Waals surface area contributed by atoms with Gasteiger partial charge in [-0.25, -0.2) is 0 Å². The molecule has 0 heterocycles. The molecule has 0 aliphatic rings. The molecule has 0 radical (unpaired) electrons. The van der Waals surface area contributed by atoms with E-state index in [1.165, 1.54) is 5.56 Å². The molecule has 0 bridgehead atoms. The highest BCUT2D eigenvalue weighted by Crippen LogP contribution is 2.04. The van der Waals surface area contributed by atoms with Crippen LogP contribution >= 0.6 is 0 Å². The fourth-order valence-corrected chi connectivity index (χ4v) is 1.43. The van der Waals surface area contributed by atoms with Crippen molar-refractivity contribution in [2.75, 3.05) is 0 Å². The van der Waals surface area contributed by atoms with E-state index >= 15 is 0 Å². The summed E-state index contributed by atoms with van der Waals surface area (Å²) in [5, 5.41) is 0. The van der Waals surface area contributed by atoms with Gasteiger partial charge in [-0.2, -0.15) is 0 Å². The summed E-state index contributed by atoms with van der Waals surface area (Å²) >= 11 is 0. The van der Waals surface area contributed by atoms with Crippen LogP contribution in [-0.2, 0) is 6.42 Å². The highest BCUT2D eigenvalue weighted by atomic mass is 13.9. The largest absolute Gasteiger partial charge is 0.120 e. The summed E-state index contributed by atoms with van der Waals surface area (Å²) in [5.74, 6) is 8.86. The third-order valence-electron chi connectivity index (χ3n) is 2.46. The maximum absolute atomic E-state index is 5.16. The number of allylic oxidation sites excluding steroid dienone is 4. The predicted octanol–water partition coefficient (Wildman–Crippen LogP) is 4.13. The summed E-state index contributed by atoms with van der Waals surface area (Å²) < 4.78 is 0. The molecule has 0 fully saturated rings. The van der Waals surface area contributed by atoms with Crippen LogP contribution in [0.5, 0.6) is 0 Å². The third kappa shape index (κ3) is 5.24. The second kappa shape index (κ2) is 7.99. The van der Waals surface area contributed by atoms with Crippen molar-refractivity contribution in [2.45, 2.75) is 26.7 Å². The van der Waals surface area contributed by atoms with Gasteiger partial charge in [-0.1, -0.05) is 49.1 Å². The van der Waals surface area contributed by atoms with E-state index in [-0.39, 0.29) is 0 Å². The quantitative estimate of drug-likeness (QED) is 0.545. The highest BCUT2D eigenvalue weighted by molar-refractivity contribution is 5.42. The van der Waals surface area contributed by atoms with Gasteiger partial charge in [0.2, 0.25) is 0 Å². The zero-order valence-electron chi connectivity index (χ0n) is 11.0. The topological polar surface area (TPSA) is 0 Å². The van der Waals surface area contributed by atoms with Gasteiger partial charge in [-0.05, 0) is 36.6 Å². The van der Waals surface area contributed by atoms with E-state index in [0.29, 0.717) is 6.42 Å². The Kier molecular flexibility index (Phi) is 6.16. The van der Waals surface area contributed by atoms with Crippen molar-refractivity contribution < 1.29 is 0 Å². The Morgan fingerprint density at radius 1 is 1.39 bits per heavy atom. The first-order chi connectivity index (χ1) is 8.76. The maximum Gasteiger partial charge on any atom is 0.0270 e. The number of aryl methyl sites for hydroxylation is 1. The molecule has 0 N–H and O–H groups in total. The first-order valence-corrected chi connectivity index (χ1v) is 6.14. The van der Waals surface area contributed by atoms with Crippen LogP contribution in [0.15, 0.2) is 48.1 Å². The van der Waals surface area contributed by atoms with Gasteiger partial charge in [-0.15, -0.1) is 12.3 Å². The maximum atomic E-state index is 5.16. The van der Waals surface area contributed by atoms with Gasteiger partial charge in [0.15, 0.2) is 0 Å². The van der Waals surface area contributed by atoms with Crippen molar-refractivity contribution >= 4 is 0 Å². The molecule has 0 unspecified atom stereocenters. The fraction of sp³-hybridized carbons (Fsp3) is 0.222. The molecular formula is C18H18. The first-order valence-electron chi connectivity index (χ1n) is 6.14. The van der Waals surface area contributed by atoms with Crippen LogP contribution in [0.1, 0.15) is 31.4 Å². The van der Waals surface area contributed by atoms with Gasteiger partial charge in [0, 0.05) is 12.0 Å². The van der Waals surface area contributed by atoms with E-state index in [9.17, 15) is 0 Å². The number of benzene rings is 1. The SMILES string of the molecule is C#CC/C=C\C=C(/C)C#Cc1cccc(CC)c1. The molecule has 0 atom stereocenters. The lowest BCUT2D eigenvalue weighted by Crippen LogP contribution is -1.81. The van der Waals surface area contributed by atoms with Gasteiger partial charge >= 0.3 is 0 Å². The summed E-state index contributed by atoms with van der Waals surface area (Å²) in [6.45, 7) is 4.14. The summed E-state index contributed by atoms with van der Waals surface area (Å²) in [6, 6.07) is 8.34. The molecule has 0 saturated heterocycles. The van der Waals surface area contributed by atoms with Crippen molar-refractivity contribution in [1.29, 1.82) is 0 Å². The normalized spacial score (nSPS) is 10.8. The van der Waals surface area contributed by atoms with Crippen LogP contribution < -0.4 is 0 Å². The molecular weight excluding hydrogens is 216 g/mol. The van der Waals surface area contributed by atoms with Gasteiger partial charge in [-0.3, -0.25) is 0 Å². The van der Waals surface area contributed by atoms with Crippen LogP contribution in [0.3, 0.4) is 0 Å². The van der Waals surface area contributed by atoms with E-state index < -0.39 is 0 Å². The van der Waals surface area contributed by atoms with E-state index in [1.807, 2.05) is 31.2 Å². The molecule has 1 aromatic rings. The Bertz CT molecular complexity index is 539. The zero-order chi connectivity index (χ0) is 13.2. The third-order valence-corrected chi connectivity index (χ3v) is 2.46. The Hall–Kier alpha value is -2.18. The standard InChI is InChI=1S/C18H18/c1-4-6-7-8-10-16(3)13-14-18-12-9-11-17(5-2)15-18/h1,7-12,15H,5-6H2,2-3H3/b8-7-,16-10+. The molecule has 0 aliphatic heterocycles. The number of hydrogen-bond donors (Lipinski definition) is 0. The van der Waals surface area contributed by atoms with Crippen molar-refractivity contribution in [1.82, 2.24) is 0 Å². The minimum absolute atomic E-state index is 0.662. The molecule has 0 nitrogen and oxygen atoms in total. The van der Waals surface area contributed by atoms with E-state index in [0.717, 1.165) is 17.6 Å². The van der Waals surface area contributed by atoms with Crippen molar-refractivity contribution in [3.63, 3.8) is 0 Å². The molecule has 0 amide bonds. The van der Waals surface area contributed by atoms with Crippen LogP contribution in [0.25, 0.3) is 0 Å². The first kappa shape index (κ1) is 13.9. The van der Waals surface area contributed by atoms with Crippen LogP contribution in [0.2, 0.25) is 0 Å². The van der Waals surface area contributed by atoms with Crippen LogP contribution in [0, 0.1) is 24.2 Å². The lowest BCUT2D eigenvalue weighted by Gasteiger charge is -1.95. The predicted molar refractivity (Wildman–Crippen MR) is 79.0 cm³/mol. The zero-order valence-corrected chi connectivity index (χ0v) is 11.0. The van der Waals surface area contributed by atoms with Crippen molar-refractivity contribution in [3.05, 3.63) is 59.2 Å². The number of terminal acetylenes is 1.